The summed E-state index contributed by atoms with van der Waals surface area (Å²) < 4.78 is 0. The zero-order chi connectivity index (χ0) is 12.0. The van der Waals surface area contributed by atoms with E-state index in [1.54, 1.807) is 11.8 Å². The molecule has 92 valence electrons. The van der Waals surface area contributed by atoms with Gasteiger partial charge in [-0.2, -0.15) is 11.8 Å². The van der Waals surface area contributed by atoms with Crippen LogP contribution in [0.4, 0.5) is 0 Å². The highest BCUT2D eigenvalue weighted by atomic mass is 32.2. The Labute approximate surface area is 99.6 Å². The topological polar surface area (TPSA) is 69.6 Å². The third kappa shape index (κ3) is 3.68. The van der Waals surface area contributed by atoms with Gasteiger partial charge in [0.2, 0.25) is 5.91 Å². The second-order valence-electron chi connectivity index (χ2n) is 3.62. The lowest BCUT2D eigenvalue weighted by atomic mass is 10.2. The maximum absolute atomic E-state index is 11.8. The van der Waals surface area contributed by atoms with Crippen LogP contribution < -0.4 is 5.32 Å². The molecule has 1 atom stereocenters. The number of nitrogens with zero attached hydrogens (tertiary/aromatic N) is 1. The van der Waals surface area contributed by atoms with Crippen molar-refractivity contribution >= 4 is 23.6 Å². The van der Waals surface area contributed by atoms with Gasteiger partial charge in [-0.15, -0.1) is 0 Å². The molecular formula is C10H18N2O3S. The van der Waals surface area contributed by atoms with E-state index >= 15 is 0 Å². The van der Waals surface area contributed by atoms with Gasteiger partial charge in [-0.1, -0.05) is 6.92 Å². The Hall–Kier alpha value is -0.750. The van der Waals surface area contributed by atoms with Gasteiger partial charge >= 0.3 is 5.97 Å². The second kappa shape index (κ2) is 6.75. The Morgan fingerprint density at radius 2 is 2.31 bits per heavy atom. The first-order valence-corrected chi connectivity index (χ1v) is 6.63. The molecule has 5 nitrogen and oxygen atoms in total. The Morgan fingerprint density at radius 3 is 2.94 bits per heavy atom. The van der Waals surface area contributed by atoms with Crippen molar-refractivity contribution in [2.75, 3.05) is 31.1 Å². The largest absolute Gasteiger partial charge is 0.480 e. The lowest BCUT2D eigenvalue weighted by Crippen LogP contribution is -2.50. The first-order chi connectivity index (χ1) is 7.66. The molecule has 0 aromatic heterocycles. The van der Waals surface area contributed by atoms with Crippen molar-refractivity contribution in [1.29, 1.82) is 0 Å². The van der Waals surface area contributed by atoms with Gasteiger partial charge in [0.15, 0.2) is 0 Å². The van der Waals surface area contributed by atoms with Crippen molar-refractivity contribution in [3.8, 4) is 0 Å². The summed E-state index contributed by atoms with van der Waals surface area (Å²) in [6.45, 7) is 3.96. The first kappa shape index (κ1) is 13.3. The fourth-order valence-electron chi connectivity index (χ4n) is 1.62. The van der Waals surface area contributed by atoms with E-state index in [0.29, 0.717) is 25.3 Å². The monoisotopic (exact) mass is 246 g/mol. The van der Waals surface area contributed by atoms with E-state index < -0.39 is 12.0 Å². The fourth-order valence-corrected chi connectivity index (χ4v) is 2.66. The van der Waals surface area contributed by atoms with E-state index in [4.69, 9.17) is 5.11 Å². The fraction of sp³-hybridized carbons (Fsp3) is 0.800. The number of nitrogens with one attached hydrogen (secondary N) is 1. The molecule has 0 spiro atoms. The van der Waals surface area contributed by atoms with Crippen LogP contribution in [0.2, 0.25) is 0 Å². The molecule has 2 N–H and O–H groups in total. The van der Waals surface area contributed by atoms with Gasteiger partial charge in [-0.05, 0) is 6.54 Å². The molecule has 0 aliphatic carbocycles. The summed E-state index contributed by atoms with van der Waals surface area (Å²) >= 11 is 1.59. The van der Waals surface area contributed by atoms with Crippen LogP contribution in [0, 0.1) is 0 Å². The molecule has 1 unspecified atom stereocenters. The minimum Gasteiger partial charge on any atom is -0.480 e. The van der Waals surface area contributed by atoms with Gasteiger partial charge < -0.3 is 15.3 Å². The van der Waals surface area contributed by atoms with Gasteiger partial charge in [0.05, 0.1) is 0 Å². The van der Waals surface area contributed by atoms with Crippen molar-refractivity contribution in [2.45, 2.75) is 19.4 Å². The molecule has 6 heteroatoms. The van der Waals surface area contributed by atoms with Crippen molar-refractivity contribution in [3.63, 3.8) is 0 Å². The number of hydrogen-bond donors (Lipinski definition) is 2. The van der Waals surface area contributed by atoms with Gasteiger partial charge in [-0.25, -0.2) is 4.79 Å². The quantitative estimate of drug-likeness (QED) is 0.669. The third-order valence-corrected chi connectivity index (χ3v) is 3.52. The summed E-state index contributed by atoms with van der Waals surface area (Å²) in [6.07, 6.45) is 0.377. The summed E-state index contributed by atoms with van der Waals surface area (Å²) in [5.41, 5.74) is 0. The van der Waals surface area contributed by atoms with E-state index in [1.165, 1.54) is 4.90 Å². The van der Waals surface area contributed by atoms with Crippen molar-refractivity contribution in [2.24, 2.45) is 0 Å². The van der Waals surface area contributed by atoms with Crippen molar-refractivity contribution < 1.29 is 14.7 Å². The zero-order valence-corrected chi connectivity index (χ0v) is 10.3. The highest BCUT2D eigenvalue weighted by molar-refractivity contribution is 7.99. The van der Waals surface area contributed by atoms with Crippen LogP contribution in [0.15, 0.2) is 0 Å². The van der Waals surface area contributed by atoms with E-state index in [-0.39, 0.29) is 5.91 Å². The number of carboxylic acid groups (broad SMARTS) is 1. The molecule has 1 amide bonds. The molecule has 0 saturated carbocycles. The lowest BCUT2D eigenvalue weighted by molar-refractivity contribution is -0.149. The normalized spacial score (nSPS) is 20.8. The number of carbonyl (C=O) groups is 2. The summed E-state index contributed by atoms with van der Waals surface area (Å²) in [7, 11) is 0. The van der Waals surface area contributed by atoms with E-state index in [9.17, 15) is 9.59 Å². The molecule has 0 aromatic carbocycles. The zero-order valence-electron chi connectivity index (χ0n) is 9.44. The minimum atomic E-state index is -0.899. The molecular weight excluding hydrogens is 228 g/mol. The Morgan fingerprint density at radius 1 is 1.56 bits per heavy atom. The smallest absolute Gasteiger partial charge is 0.327 e. The average Bonchev–Trinajstić information content (AvgIpc) is 2.29. The van der Waals surface area contributed by atoms with Gasteiger partial charge in [-0.3, -0.25) is 4.79 Å². The first-order valence-electron chi connectivity index (χ1n) is 5.47. The summed E-state index contributed by atoms with van der Waals surface area (Å²) in [4.78, 5) is 24.3. The van der Waals surface area contributed by atoms with Crippen LogP contribution in [0.1, 0.15) is 13.3 Å². The molecule has 1 heterocycles. The predicted molar refractivity (Wildman–Crippen MR) is 63.6 cm³/mol. The van der Waals surface area contributed by atoms with Crippen LogP contribution in [-0.4, -0.2) is 59.1 Å². The second-order valence-corrected chi connectivity index (χ2v) is 4.77. The predicted octanol–water partition coefficient (Wildman–Crippen LogP) is 0.0146. The maximum Gasteiger partial charge on any atom is 0.327 e. The standard InChI is InChI=1S/C10H18N2O3S/c1-2-11-4-3-9(13)12-5-6-16-7-8(12)10(14)15/h8,11H,2-7H2,1H3,(H,14,15). The number of amides is 1. The van der Waals surface area contributed by atoms with E-state index in [2.05, 4.69) is 5.32 Å². The summed E-state index contributed by atoms with van der Waals surface area (Å²) in [5, 5.41) is 12.1. The van der Waals surface area contributed by atoms with Gasteiger partial charge in [0.1, 0.15) is 6.04 Å². The number of aliphatic carboxylic acids is 1. The summed E-state index contributed by atoms with van der Waals surface area (Å²) in [6, 6.07) is -0.645. The number of thioether (sulfide) groups is 1. The van der Waals surface area contributed by atoms with Crippen LogP contribution in [-0.2, 0) is 9.59 Å². The highest BCUT2D eigenvalue weighted by Gasteiger charge is 2.31. The molecule has 1 fully saturated rings. The maximum atomic E-state index is 11.8. The van der Waals surface area contributed by atoms with Crippen LogP contribution in [0.5, 0.6) is 0 Å². The molecule has 1 aliphatic rings. The molecule has 1 rings (SSSR count). The highest BCUT2D eigenvalue weighted by Crippen LogP contribution is 2.17. The Kier molecular flexibility index (Phi) is 5.62. The van der Waals surface area contributed by atoms with Crippen molar-refractivity contribution in [3.05, 3.63) is 0 Å². The van der Waals surface area contributed by atoms with Crippen LogP contribution >= 0.6 is 11.8 Å². The number of carbonyl (C=O) groups excluding carboxylic acids is 1. The van der Waals surface area contributed by atoms with E-state index in [0.717, 1.165) is 12.3 Å². The lowest BCUT2D eigenvalue weighted by Gasteiger charge is -2.32. The molecule has 16 heavy (non-hydrogen) atoms. The van der Waals surface area contributed by atoms with Crippen LogP contribution in [0.25, 0.3) is 0 Å². The molecule has 0 radical (unpaired) electrons. The number of rotatable bonds is 5. The van der Waals surface area contributed by atoms with Gasteiger partial charge in [0.25, 0.3) is 0 Å². The van der Waals surface area contributed by atoms with Crippen molar-refractivity contribution in [1.82, 2.24) is 10.2 Å². The number of carboxylic acids is 1. The minimum absolute atomic E-state index is 0.0614. The molecule has 1 saturated heterocycles. The third-order valence-electron chi connectivity index (χ3n) is 2.50. The van der Waals surface area contributed by atoms with Gasteiger partial charge in [0, 0.05) is 31.0 Å². The number of hydrogen-bond acceptors (Lipinski definition) is 4. The Bertz CT molecular complexity index is 260. The van der Waals surface area contributed by atoms with E-state index in [1.807, 2.05) is 6.92 Å². The molecule has 0 bridgehead atoms. The molecule has 0 aromatic rings. The molecule has 1 aliphatic heterocycles. The Balaban J connectivity index is 2.47. The summed E-state index contributed by atoms with van der Waals surface area (Å²) in [5.74, 6) is 0.372. The SMILES string of the molecule is CCNCCC(=O)N1CCSCC1C(=O)O. The average molecular weight is 246 g/mol. The van der Waals surface area contributed by atoms with Crippen LogP contribution in [0.3, 0.4) is 0 Å².